The summed E-state index contributed by atoms with van der Waals surface area (Å²) in [6, 6.07) is 11.8. The fourth-order valence-corrected chi connectivity index (χ4v) is 3.50. The topological polar surface area (TPSA) is 76.8 Å². The molecule has 1 N–H and O–H groups in total. The molecule has 0 amide bonds. The molecule has 6 nitrogen and oxygen atoms in total. The van der Waals surface area contributed by atoms with Gasteiger partial charge in [0.1, 0.15) is 11.5 Å². The van der Waals surface area contributed by atoms with Gasteiger partial charge in [-0.3, -0.25) is 9.98 Å². The van der Waals surface area contributed by atoms with E-state index < -0.39 is 0 Å². The van der Waals surface area contributed by atoms with Crippen molar-refractivity contribution in [3.05, 3.63) is 65.5 Å². The van der Waals surface area contributed by atoms with Crippen LogP contribution in [0.1, 0.15) is 36.1 Å². The molecule has 1 heterocycles. The fraction of sp³-hybridized carbons (Fsp3) is 0.292. The number of nitrogens with zero attached hydrogens (tertiary/aromatic N) is 3. The third kappa shape index (κ3) is 4.66. The second-order valence-electron chi connectivity index (χ2n) is 6.85. The van der Waals surface area contributed by atoms with Gasteiger partial charge in [-0.15, -0.1) is 0 Å². The maximum atomic E-state index is 9.72. The third-order valence-electron chi connectivity index (χ3n) is 5.04. The van der Waals surface area contributed by atoms with Crippen LogP contribution in [0.25, 0.3) is 16.6 Å². The van der Waals surface area contributed by atoms with E-state index in [0.29, 0.717) is 17.9 Å². The van der Waals surface area contributed by atoms with Crippen LogP contribution in [0.4, 0.5) is 0 Å². The van der Waals surface area contributed by atoms with Gasteiger partial charge in [-0.1, -0.05) is 12.1 Å². The number of aliphatic imine (C=N–C) groups is 1. The number of hydrogen-bond acceptors (Lipinski definition) is 6. The van der Waals surface area contributed by atoms with Gasteiger partial charge in [0.25, 0.3) is 0 Å². The summed E-state index contributed by atoms with van der Waals surface area (Å²) >= 11 is 0. The molecule has 0 fully saturated rings. The van der Waals surface area contributed by atoms with Crippen molar-refractivity contribution in [3.8, 4) is 11.5 Å². The molecule has 0 aliphatic rings. The van der Waals surface area contributed by atoms with Crippen molar-refractivity contribution < 1.29 is 14.6 Å². The van der Waals surface area contributed by atoms with Gasteiger partial charge in [-0.2, -0.15) is 0 Å². The smallest absolute Gasteiger partial charge is 0.122 e. The summed E-state index contributed by atoms with van der Waals surface area (Å²) in [5.41, 5.74) is 5.36. The SMILES string of the molecule is C/C=C(\C=NC)c1cnc2ccc(C(CCO)c3cc(OC)cc(OC)c3)cc2n1. The molecule has 0 aliphatic carbocycles. The molecule has 0 saturated carbocycles. The number of aliphatic hydroxyl groups excluding tert-OH is 1. The van der Waals surface area contributed by atoms with Gasteiger partial charge < -0.3 is 14.6 Å². The van der Waals surface area contributed by atoms with E-state index in [1.54, 1.807) is 33.7 Å². The molecule has 0 spiro atoms. The summed E-state index contributed by atoms with van der Waals surface area (Å²) in [5, 5.41) is 9.72. The average Bonchev–Trinajstić information content (AvgIpc) is 2.79. The van der Waals surface area contributed by atoms with Gasteiger partial charge in [0, 0.05) is 37.4 Å². The summed E-state index contributed by atoms with van der Waals surface area (Å²) in [4.78, 5) is 13.4. The number of hydrogen-bond donors (Lipinski definition) is 1. The highest BCUT2D eigenvalue weighted by Crippen LogP contribution is 2.34. The van der Waals surface area contributed by atoms with E-state index in [2.05, 4.69) is 9.98 Å². The quantitative estimate of drug-likeness (QED) is 0.567. The van der Waals surface area contributed by atoms with Crippen LogP contribution in [0.5, 0.6) is 11.5 Å². The zero-order valence-corrected chi connectivity index (χ0v) is 17.8. The van der Waals surface area contributed by atoms with Crippen LogP contribution in [0.2, 0.25) is 0 Å². The molecule has 0 bridgehead atoms. The number of methoxy groups -OCH3 is 2. The molecule has 0 radical (unpaired) electrons. The molecule has 1 unspecified atom stereocenters. The second-order valence-corrected chi connectivity index (χ2v) is 6.85. The Morgan fingerprint density at radius 2 is 1.80 bits per heavy atom. The Bertz CT molecular complexity index is 1050. The standard InChI is InChI=1S/C24H27N3O3/c1-5-16(14-25-2)24-15-26-22-7-6-17(12-23(22)27-24)21(8-9-28)18-10-19(29-3)13-20(11-18)30-4/h5-7,10-15,21,28H,8-9H2,1-4H3/b16-5+,25-14?. The molecular weight excluding hydrogens is 378 g/mol. The summed E-state index contributed by atoms with van der Waals surface area (Å²) < 4.78 is 10.9. The molecule has 3 rings (SSSR count). The van der Waals surface area contributed by atoms with Crippen molar-refractivity contribution in [1.29, 1.82) is 0 Å². The highest BCUT2D eigenvalue weighted by Gasteiger charge is 2.17. The number of ether oxygens (including phenoxy) is 2. The largest absolute Gasteiger partial charge is 0.497 e. The van der Waals surface area contributed by atoms with Crippen molar-refractivity contribution in [1.82, 2.24) is 9.97 Å². The van der Waals surface area contributed by atoms with Crippen LogP contribution in [-0.4, -0.2) is 49.2 Å². The minimum absolute atomic E-state index is 0.0350. The molecule has 0 saturated heterocycles. The molecular formula is C24H27N3O3. The van der Waals surface area contributed by atoms with Crippen LogP contribution in [-0.2, 0) is 0 Å². The molecule has 2 aromatic carbocycles. The lowest BCUT2D eigenvalue weighted by Gasteiger charge is -2.19. The Hall–Kier alpha value is -3.25. The molecule has 0 aliphatic heterocycles. The fourth-order valence-electron chi connectivity index (χ4n) is 3.50. The lowest BCUT2D eigenvalue weighted by molar-refractivity contribution is 0.281. The highest BCUT2D eigenvalue weighted by atomic mass is 16.5. The molecule has 30 heavy (non-hydrogen) atoms. The monoisotopic (exact) mass is 405 g/mol. The Kier molecular flexibility index (Phi) is 7.14. The predicted octanol–water partition coefficient (Wildman–Crippen LogP) is 4.27. The lowest BCUT2D eigenvalue weighted by atomic mass is 9.88. The van der Waals surface area contributed by atoms with Gasteiger partial charge in [0.15, 0.2) is 0 Å². The van der Waals surface area contributed by atoms with Crippen LogP contribution >= 0.6 is 0 Å². The molecule has 3 aromatic rings. The number of benzene rings is 2. The minimum atomic E-state index is -0.0350. The van der Waals surface area contributed by atoms with Gasteiger partial charge in [0.2, 0.25) is 0 Å². The minimum Gasteiger partial charge on any atom is -0.497 e. The Labute approximate surface area is 176 Å². The van der Waals surface area contributed by atoms with Crippen LogP contribution in [0.3, 0.4) is 0 Å². The zero-order chi connectivity index (χ0) is 21.5. The average molecular weight is 405 g/mol. The number of allylic oxidation sites excluding steroid dienone is 2. The summed E-state index contributed by atoms with van der Waals surface area (Å²) in [7, 11) is 4.99. The van der Waals surface area contributed by atoms with Gasteiger partial charge in [0.05, 0.1) is 37.1 Å². The van der Waals surface area contributed by atoms with Crippen LogP contribution < -0.4 is 9.47 Å². The maximum absolute atomic E-state index is 9.72. The number of rotatable bonds is 8. The summed E-state index contributed by atoms with van der Waals surface area (Å²) in [6.45, 7) is 2.01. The summed E-state index contributed by atoms with van der Waals surface area (Å²) in [6.07, 6.45) is 6.06. The first-order valence-electron chi connectivity index (χ1n) is 9.82. The molecule has 6 heteroatoms. The van der Waals surface area contributed by atoms with E-state index in [1.165, 1.54) is 0 Å². The first kappa shape index (κ1) is 21.5. The summed E-state index contributed by atoms with van der Waals surface area (Å²) in [5.74, 6) is 1.39. The predicted molar refractivity (Wildman–Crippen MR) is 121 cm³/mol. The first-order valence-corrected chi connectivity index (χ1v) is 9.82. The van der Waals surface area contributed by atoms with E-state index in [4.69, 9.17) is 14.5 Å². The number of aliphatic hydroxyl groups is 1. The van der Waals surface area contributed by atoms with Crippen molar-refractivity contribution >= 4 is 22.8 Å². The van der Waals surface area contributed by atoms with E-state index >= 15 is 0 Å². The van der Waals surface area contributed by atoms with Crippen molar-refractivity contribution in [3.63, 3.8) is 0 Å². The van der Waals surface area contributed by atoms with Crippen molar-refractivity contribution in [2.75, 3.05) is 27.9 Å². The van der Waals surface area contributed by atoms with Crippen molar-refractivity contribution in [2.45, 2.75) is 19.3 Å². The van der Waals surface area contributed by atoms with Gasteiger partial charge in [-0.25, -0.2) is 4.98 Å². The maximum Gasteiger partial charge on any atom is 0.122 e. The third-order valence-corrected chi connectivity index (χ3v) is 5.04. The Balaban J connectivity index is 2.09. The normalized spacial score (nSPS) is 13.0. The van der Waals surface area contributed by atoms with Crippen LogP contribution in [0.15, 0.2) is 53.7 Å². The van der Waals surface area contributed by atoms with Crippen LogP contribution in [0, 0.1) is 0 Å². The Morgan fingerprint density at radius 3 is 2.40 bits per heavy atom. The Morgan fingerprint density at radius 1 is 1.07 bits per heavy atom. The number of fused-ring (bicyclic) bond motifs is 1. The zero-order valence-electron chi connectivity index (χ0n) is 17.8. The van der Waals surface area contributed by atoms with E-state index in [-0.39, 0.29) is 12.5 Å². The van der Waals surface area contributed by atoms with E-state index in [9.17, 15) is 5.11 Å². The first-order chi connectivity index (χ1) is 14.6. The number of aromatic nitrogens is 2. The highest BCUT2D eigenvalue weighted by molar-refractivity contribution is 6.09. The van der Waals surface area contributed by atoms with E-state index in [1.807, 2.05) is 49.4 Å². The van der Waals surface area contributed by atoms with Gasteiger partial charge >= 0.3 is 0 Å². The lowest BCUT2D eigenvalue weighted by Crippen LogP contribution is -2.05. The molecule has 156 valence electrons. The molecule has 1 atom stereocenters. The molecule has 1 aromatic heterocycles. The van der Waals surface area contributed by atoms with E-state index in [0.717, 1.165) is 33.4 Å². The van der Waals surface area contributed by atoms with Gasteiger partial charge in [-0.05, 0) is 48.7 Å². The second kappa shape index (κ2) is 9.98. The van der Waals surface area contributed by atoms with Crippen molar-refractivity contribution in [2.24, 2.45) is 4.99 Å².